The molecule has 180 valence electrons. The average Bonchev–Trinajstić information content (AvgIpc) is 2.81. The van der Waals surface area contributed by atoms with Crippen molar-refractivity contribution in [1.29, 1.82) is 0 Å². The van der Waals surface area contributed by atoms with Gasteiger partial charge in [0.2, 0.25) is 0 Å². The lowest BCUT2D eigenvalue weighted by Crippen LogP contribution is -2.57. The van der Waals surface area contributed by atoms with Gasteiger partial charge in [0, 0.05) is 58.0 Å². The minimum absolute atomic E-state index is 0. The number of hydrogen-bond acceptors (Lipinski definition) is 5. The monoisotopic (exact) mass is 495 g/mol. The number of benzene rings is 1. The van der Waals surface area contributed by atoms with E-state index in [4.69, 9.17) is 23.2 Å². The van der Waals surface area contributed by atoms with Crippen LogP contribution in [0.4, 0.5) is 10.2 Å². The van der Waals surface area contributed by atoms with E-state index >= 15 is 0 Å². The summed E-state index contributed by atoms with van der Waals surface area (Å²) in [6, 6.07) is 7.24. The zero-order valence-corrected chi connectivity index (χ0v) is 20.5. The van der Waals surface area contributed by atoms with Gasteiger partial charge in [-0.2, -0.15) is 0 Å². The predicted molar refractivity (Wildman–Crippen MR) is 133 cm³/mol. The summed E-state index contributed by atoms with van der Waals surface area (Å²) in [7, 11) is 1.59. The van der Waals surface area contributed by atoms with E-state index in [9.17, 15) is 9.18 Å². The maximum Gasteiger partial charge on any atom is 0.252 e. The molecule has 2 aliphatic heterocycles. The summed E-state index contributed by atoms with van der Waals surface area (Å²) >= 11 is 12.7. The molecule has 1 aromatic carbocycles. The van der Waals surface area contributed by atoms with Crippen molar-refractivity contribution in [2.75, 3.05) is 44.7 Å². The van der Waals surface area contributed by atoms with Gasteiger partial charge in [0.1, 0.15) is 11.6 Å². The summed E-state index contributed by atoms with van der Waals surface area (Å²) in [5.74, 6) is 0.249. The maximum absolute atomic E-state index is 13.3. The molecule has 2 fully saturated rings. The number of rotatable bonds is 5. The number of anilines is 1. The lowest BCUT2D eigenvalue weighted by Gasteiger charge is -2.47. The molecule has 6 nitrogen and oxygen atoms in total. The van der Waals surface area contributed by atoms with E-state index in [1.807, 2.05) is 0 Å². The van der Waals surface area contributed by atoms with Crippen molar-refractivity contribution in [2.45, 2.75) is 38.4 Å². The first-order valence-corrected chi connectivity index (χ1v) is 12.2. The van der Waals surface area contributed by atoms with E-state index in [-0.39, 0.29) is 13.2 Å². The van der Waals surface area contributed by atoms with Gasteiger partial charge in [0.25, 0.3) is 5.91 Å². The van der Waals surface area contributed by atoms with Gasteiger partial charge >= 0.3 is 0 Å². The Morgan fingerprint density at radius 3 is 2.58 bits per heavy atom. The molecular weight excluding hydrogens is 464 g/mol. The topological polar surface area (TPSA) is 51.7 Å². The van der Waals surface area contributed by atoms with Crippen molar-refractivity contribution in [3.63, 3.8) is 0 Å². The van der Waals surface area contributed by atoms with Crippen LogP contribution in [0.2, 0.25) is 10.0 Å². The average molecular weight is 496 g/mol. The van der Waals surface area contributed by atoms with Gasteiger partial charge in [0.05, 0.1) is 10.6 Å². The van der Waals surface area contributed by atoms with Gasteiger partial charge in [-0.15, -0.1) is 0 Å². The Morgan fingerprint density at radius 2 is 1.94 bits per heavy atom. The van der Waals surface area contributed by atoms with E-state index in [1.165, 1.54) is 12.1 Å². The van der Waals surface area contributed by atoms with Gasteiger partial charge in [0.15, 0.2) is 0 Å². The third-order valence-corrected chi connectivity index (χ3v) is 7.35. The molecule has 0 spiro atoms. The molecule has 1 N–H and O–H groups in total. The van der Waals surface area contributed by atoms with Crippen molar-refractivity contribution >= 4 is 34.9 Å². The number of carbonyl (C=O) groups excluding carboxylic acids is 1. The van der Waals surface area contributed by atoms with Crippen molar-refractivity contribution in [1.82, 2.24) is 20.1 Å². The fourth-order valence-electron chi connectivity index (χ4n) is 4.94. The molecule has 2 aliphatic rings. The number of amides is 1. The number of pyridine rings is 1. The molecule has 0 bridgehead atoms. The van der Waals surface area contributed by atoms with Crippen molar-refractivity contribution < 1.29 is 10.6 Å². The normalized spacial score (nSPS) is 20.8. The Kier molecular flexibility index (Phi) is 7.74. The SMILES string of the molecule is CNC(=O)c1cnc(N2CCN(C3CCN(Cc4ccc(F)cc4Cl)CC3)[C@@H](C)C2)c(Cl)c1.[HH]. The number of carbonyl (C=O) groups is 1. The second kappa shape index (κ2) is 10.6. The third kappa shape index (κ3) is 5.60. The number of halogens is 3. The van der Waals surface area contributed by atoms with Gasteiger partial charge < -0.3 is 10.2 Å². The lowest BCUT2D eigenvalue weighted by molar-refractivity contribution is 0.0690. The molecule has 0 radical (unpaired) electrons. The summed E-state index contributed by atoms with van der Waals surface area (Å²) in [4.78, 5) is 23.5. The minimum Gasteiger partial charge on any atom is -0.355 e. The largest absolute Gasteiger partial charge is 0.355 e. The van der Waals surface area contributed by atoms with Crippen LogP contribution in [0.5, 0.6) is 0 Å². The molecule has 1 amide bonds. The summed E-state index contributed by atoms with van der Waals surface area (Å²) in [5.41, 5.74) is 1.44. The highest BCUT2D eigenvalue weighted by atomic mass is 35.5. The number of piperidine rings is 1. The van der Waals surface area contributed by atoms with Crippen LogP contribution >= 0.6 is 23.2 Å². The molecule has 0 saturated carbocycles. The fraction of sp³-hybridized carbons (Fsp3) is 0.500. The van der Waals surface area contributed by atoms with E-state index in [1.54, 1.807) is 25.4 Å². The smallest absolute Gasteiger partial charge is 0.252 e. The van der Waals surface area contributed by atoms with E-state index in [0.29, 0.717) is 27.7 Å². The number of nitrogens with zero attached hydrogens (tertiary/aromatic N) is 4. The first-order chi connectivity index (χ1) is 15.9. The van der Waals surface area contributed by atoms with Crippen LogP contribution in [0.15, 0.2) is 30.5 Å². The predicted octanol–water partition coefficient (Wildman–Crippen LogP) is 4.31. The molecule has 33 heavy (non-hydrogen) atoms. The fourth-order valence-corrected chi connectivity index (χ4v) is 5.45. The first-order valence-electron chi connectivity index (χ1n) is 11.4. The number of aromatic nitrogens is 1. The van der Waals surface area contributed by atoms with Crippen LogP contribution in [-0.2, 0) is 6.54 Å². The van der Waals surface area contributed by atoms with Crippen LogP contribution in [0.3, 0.4) is 0 Å². The third-order valence-electron chi connectivity index (χ3n) is 6.72. The number of likely N-dealkylation sites (tertiary alicyclic amines) is 1. The van der Waals surface area contributed by atoms with E-state index in [2.05, 4.69) is 31.9 Å². The zero-order chi connectivity index (χ0) is 23.5. The highest BCUT2D eigenvalue weighted by Gasteiger charge is 2.32. The number of piperazine rings is 1. The second-order valence-electron chi connectivity index (χ2n) is 8.88. The molecule has 2 aromatic rings. The van der Waals surface area contributed by atoms with E-state index in [0.717, 1.165) is 63.5 Å². The van der Waals surface area contributed by atoms with Crippen molar-refractivity contribution in [3.8, 4) is 0 Å². The van der Waals surface area contributed by atoms with Crippen LogP contribution in [-0.4, -0.2) is 72.5 Å². The maximum atomic E-state index is 13.3. The van der Waals surface area contributed by atoms with E-state index < -0.39 is 0 Å². The molecule has 4 rings (SSSR count). The van der Waals surface area contributed by atoms with Gasteiger partial charge in [-0.1, -0.05) is 29.3 Å². The molecule has 0 unspecified atom stereocenters. The standard InChI is InChI=1S/C24H30Cl2FN5O.H2/c1-16-14-31(23-22(26)11-18(13-29-23)24(33)28-2)9-10-32(16)20-5-7-30(8-6-20)15-17-3-4-19(27)12-21(17)25;/h3-4,11-13,16,20H,5-10,14-15H2,1-2H3,(H,28,33);1H/t16-;/m0./s1. The highest BCUT2D eigenvalue weighted by molar-refractivity contribution is 6.33. The number of nitrogens with one attached hydrogen (secondary N) is 1. The highest BCUT2D eigenvalue weighted by Crippen LogP contribution is 2.29. The lowest BCUT2D eigenvalue weighted by atomic mass is 9.99. The Bertz CT molecular complexity index is 1010. The molecule has 9 heteroatoms. The van der Waals surface area contributed by atoms with Gasteiger partial charge in [-0.25, -0.2) is 9.37 Å². The van der Waals surface area contributed by atoms with Crippen LogP contribution in [0.25, 0.3) is 0 Å². The first kappa shape index (κ1) is 24.2. The van der Waals surface area contributed by atoms with Crippen molar-refractivity contribution in [3.05, 3.63) is 57.5 Å². The molecule has 2 saturated heterocycles. The Labute approximate surface area is 206 Å². The van der Waals surface area contributed by atoms with Gasteiger partial charge in [-0.3, -0.25) is 14.6 Å². The van der Waals surface area contributed by atoms with Crippen LogP contribution < -0.4 is 10.2 Å². The molecular formula is C24H32Cl2FN5O. The Morgan fingerprint density at radius 1 is 1.18 bits per heavy atom. The summed E-state index contributed by atoms with van der Waals surface area (Å²) in [6.45, 7) is 7.65. The van der Waals surface area contributed by atoms with Crippen LogP contribution in [0, 0.1) is 5.82 Å². The second-order valence-corrected chi connectivity index (χ2v) is 9.70. The molecule has 0 aliphatic carbocycles. The zero-order valence-electron chi connectivity index (χ0n) is 19.0. The summed E-state index contributed by atoms with van der Waals surface area (Å²) < 4.78 is 13.3. The molecule has 3 heterocycles. The van der Waals surface area contributed by atoms with Crippen molar-refractivity contribution in [2.24, 2.45) is 0 Å². The minimum atomic E-state index is -0.297. The molecule has 1 aromatic heterocycles. The summed E-state index contributed by atoms with van der Waals surface area (Å²) in [6.07, 6.45) is 3.78. The quantitative estimate of drug-likeness (QED) is 0.669. The Hall–Kier alpha value is -1.93. The number of hydrogen-bond donors (Lipinski definition) is 1. The summed E-state index contributed by atoms with van der Waals surface area (Å²) in [5, 5.41) is 3.60. The van der Waals surface area contributed by atoms with Gasteiger partial charge in [-0.05, 0) is 56.6 Å². The molecule has 1 atom stereocenters. The Balaban J connectivity index is 0.00000324. The van der Waals surface area contributed by atoms with Crippen LogP contribution in [0.1, 0.15) is 37.1 Å².